The van der Waals surface area contributed by atoms with Crippen LogP contribution in [-0.4, -0.2) is 29.9 Å². The Labute approximate surface area is 119 Å². The monoisotopic (exact) mass is 280 g/mol. The summed E-state index contributed by atoms with van der Waals surface area (Å²) < 4.78 is 0. The van der Waals surface area contributed by atoms with E-state index in [1.807, 2.05) is 24.0 Å². The van der Waals surface area contributed by atoms with Gasteiger partial charge in [-0.1, -0.05) is 18.5 Å². The smallest absolute Gasteiger partial charge is 0.254 e. The fourth-order valence-electron chi connectivity index (χ4n) is 2.77. The number of amides is 1. The summed E-state index contributed by atoms with van der Waals surface area (Å²) in [6, 6.07) is 5.63. The molecular weight excluding hydrogens is 260 g/mol. The van der Waals surface area contributed by atoms with Gasteiger partial charge >= 0.3 is 0 Å². The van der Waals surface area contributed by atoms with Gasteiger partial charge in [-0.3, -0.25) is 4.79 Å². The van der Waals surface area contributed by atoms with Gasteiger partial charge in [-0.15, -0.1) is 0 Å². The molecule has 2 unspecified atom stereocenters. The molecule has 0 spiro atoms. The van der Waals surface area contributed by atoms with Crippen LogP contribution in [0.2, 0.25) is 5.02 Å². The van der Waals surface area contributed by atoms with Crippen LogP contribution in [0.1, 0.15) is 35.7 Å². The number of likely N-dealkylation sites (tertiary alicyclic amines) is 1. The lowest BCUT2D eigenvalue weighted by molar-refractivity contribution is 0.0573. The van der Waals surface area contributed by atoms with Crippen molar-refractivity contribution < 1.29 is 4.79 Å². The highest BCUT2D eigenvalue weighted by molar-refractivity contribution is 6.31. The summed E-state index contributed by atoms with van der Waals surface area (Å²) >= 11 is 6.03. The van der Waals surface area contributed by atoms with Crippen molar-refractivity contribution in [1.82, 2.24) is 4.90 Å². The molecule has 0 radical (unpaired) electrons. The van der Waals surface area contributed by atoms with Crippen LogP contribution in [0.3, 0.4) is 0 Å². The third-order valence-corrected chi connectivity index (χ3v) is 4.02. The lowest BCUT2D eigenvalue weighted by Crippen LogP contribution is -2.49. The van der Waals surface area contributed by atoms with E-state index in [4.69, 9.17) is 17.3 Å². The molecule has 2 rings (SSSR count). The quantitative estimate of drug-likeness (QED) is 0.905. The summed E-state index contributed by atoms with van der Waals surface area (Å²) in [5, 5.41) is 0.609. The molecule has 1 aliphatic heterocycles. The highest BCUT2D eigenvalue weighted by Gasteiger charge is 2.29. The van der Waals surface area contributed by atoms with Gasteiger partial charge < -0.3 is 10.6 Å². The van der Waals surface area contributed by atoms with E-state index in [2.05, 4.69) is 6.92 Å². The van der Waals surface area contributed by atoms with Crippen LogP contribution in [0.25, 0.3) is 0 Å². The molecule has 1 aromatic carbocycles. The van der Waals surface area contributed by atoms with Crippen molar-refractivity contribution in [2.75, 3.05) is 13.1 Å². The summed E-state index contributed by atoms with van der Waals surface area (Å²) in [5.41, 5.74) is 7.48. The molecule has 104 valence electrons. The molecule has 1 heterocycles. The van der Waals surface area contributed by atoms with Crippen molar-refractivity contribution in [3.05, 3.63) is 34.3 Å². The number of piperidine rings is 1. The standard InChI is InChI=1S/C15H21ClN2O/c1-10-3-4-18(14(7-10)9-17)15(19)12-5-11(2)6-13(16)8-12/h5-6,8,10,14H,3-4,7,9,17H2,1-2H3. The first-order valence-corrected chi connectivity index (χ1v) is 7.17. The molecule has 1 amide bonds. The molecule has 0 aromatic heterocycles. The third-order valence-electron chi connectivity index (χ3n) is 3.80. The second kappa shape index (κ2) is 5.93. The van der Waals surface area contributed by atoms with Gasteiger partial charge in [-0.05, 0) is 49.4 Å². The van der Waals surface area contributed by atoms with Crippen molar-refractivity contribution in [2.45, 2.75) is 32.7 Å². The molecule has 0 saturated carbocycles. The van der Waals surface area contributed by atoms with Crippen LogP contribution in [0.15, 0.2) is 18.2 Å². The number of benzene rings is 1. The minimum atomic E-state index is 0.0490. The first-order valence-electron chi connectivity index (χ1n) is 6.79. The SMILES string of the molecule is Cc1cc(Cl)cc(C(=O)N2CCC(C)CC2CN)c1. The van der Waals surface area contributed by atoms with Gasteiger partial charge in [0.2, 0.25) is 0 Å². The summed E-state index contributed by atoms with van der Waals surface area (Å²) in [4.78, 5) is 14.5. The fraction of sp³-hybridized carbons (Fsp3) is 0.533. The van der Waals surface area contributed by atoms with Crippen LogP contribution in [0.4, 0.5) is 0 Å². The number of nitrogens with zero attached hydrogens (tertiary/aromatic N) is 1. The molecule has 0 aliphatic carbocycles. The zero-order valence-corrected chi connectivity index (χ0v) is 12.3. The van der Waals surface area contributed by atoms with Gasteiger partial charge in [0.25, 0.3) is 5.91 Å². The van der Waals surface area contributed by atoms with E-state index in [0.717, 1.165) is 24.9 Å². The summed E-state index contributed by atoms with van der Waals surface area (Å²) in [7, 11) is 0. The Kier molecular flexibility index (Phi) is 4.48. The molecule has 1 aromatic rings. The highest BCUT2D eigenvalue weighted by atomic mass is 35.5. The number of halogens is 1. The van der Waals surface area contributed by atoms with Gasteiger partial charge in [0, 0.05) is 29.7 Å². The van der Waals surface area contributed by atoms with Gasteiger partial charge in [0.05, 0.1) is 0 Å². The maximum Gasteiger partial charge on any atom is 0.254 e. The molecule has 4 heteroatoms. The first-order chi connectivity index (χ1) is 9.01. The van der Waals surface area contributed by atoms with E-state index in [9.17, 15) is 4.79 Å². The number of carbonyl (C=O) groups excluding carboxylic acids is 1. The fourth-order valence-corrected chi connectivity index (χ4v) is 3.06. The maximum atomic E-state index is 12.6. The number of carbonyl (C=O) groups is 1. The second-order valence-corrected chi connectivity index (χ2v) is 5.97. The summed E-state index contributed by atoms with van der Waals surface area (Å²) in [6.45, 7) is 5.47. The van der Waals surface area contributed by atoms with Crippen molar-refractivity contribution in [1.29, 1.82) is 0 Å². The van der Waals surface area contributed by atoms with Crippen LogP contribution in [-0.2, 0) is 0 Å². The Morgan fingerprint density at radius 3 is 2.84 bits per heavy atom. The molecule has 1 fully saturated rings. The predicted molar refractivity (Wildman–Crippen MR) is 78.5 cm³/mol. The Morgan fingerprint density at radius 2 is 2.21 bits per heavy atom. The third kappa shape index (κ3) is 3.28. The largest absolute Gasteiger partial charge is 0.334 e. The van der Waals surface area contributed by atoms with Crippen molar-refractivity contribution >= 4 is 17.5 Å². The van der Waals surface area contributed by atoms with E-state index in [-0.39, 0.29) is 11.9 Å². The molecule has 1 saturated heterocycles. The Balaban J connectivity index is 2.22. The van der Waals surface area contributed by atoms with Gasteiger partial charge in [-0.2, -0.15) is 0 Å². The minimum absolute atomic E-state index is 0.0490. The number of rotatable bonds is 2. The normalized spacial score (nSPS) is 23.5. The number of hydrogen-bond acceptors (Lipinski definition) is 2. The average Bonchev–Trinajstić information content (AvgIpc) is 2.36. The zero-order valence-electron chi connectivity index (χ0n) is 11.5. The van der Waals surface area contributed by atoms with Crippen molar-refractivity contribution in [3.63, 3.8) is 0 Å². The number of hydrogen-bond donors (Lipinski definition) is 1. The maximum absolute atomic E-state index is 12.6. The zero-order chi connectivity index (χ0) is 14.0. The van der Waals surface area contributed by atoms with Crippen LogP contribution >= 0.6 is 11.6 Å². The Bertz CT molecular complexity index is 455. The second-order valence-electron chi connectivity index (χ2n) is 5.53. The molecule has 3 nitrogen and oxygen atoms in total. The van der Waals surface area contributed by atoms with Gasteiger partial charge in [0.1, 0.15) is 0 Å². The molecule has 2 atom stereocenters. The lowest BCUT2D eigenvalue weighted by atomic mass is 9.92. The summed E-state index contributed by atoms with van der Waals surface area (Å²) in [5.74, 6) is 0.687. The van der Waals surface area contributed by atoms with Crippen molar-refractivity contribution in [2.24, 2.45) is 11.7 Å². The first kappa shape index (κ1) is 14.4. The van der Waals surface area contributed by atoms with Crippen LogP contribution in [0, 0.1) is 12.8 Å². The lowest BCUT2D eigenvalue weighted by Gasteiger charge is -2.38. The molecule has 0 bridgehead atoms. The number of aryl methyl sites for hydroxylation is 1. The van der Waals surface area contributed by atoms with Gasteiger partial charge in [0.15, 0.2) is 0 Å². The molecule has 2 N–H and O–H groups in total. The van der Waals surface area contributed by atoms with E-state index in [1.165, 1.54) is 0 Å². The van der Waals surface area contributed by atoms with E-state index >= 15 is 0 Å². The predicted octanol–water partition coefficient (Wildman–Crippen LogP) is 2.85. The van der Waals surface area contributed by atoms with E-state index in [1.54, 1.807) is 6.07 Å². The molecular formula is C15H21ClN2O. The Morgan fingerprint density at radius 1 is 1.47 bits per heavy atom. The number of nitrogens with two attached hydrogens (primary N) is 1. The Hall–Kier alpha value is -1.06. The van der Waals surface area contributed by atoms with E-state index in [0.29, 0.717) is 23.0 Å². The highest BCUT2D eigenvalue weighted by Crippen LogP contribution is 2.24. The molecule has 1 aliphatic rings. The van der Waals surface area contributed by atoms with Crippen LogP contribution < -0.4 is 5.73 Å². The summed E-state index contributed by atoms with van der Waals surface area (Å²) in [6.07, 6.45) is 2.03. The topological polar surface area (TPSA) is 46.3 Å². The van der Waals surface area contributed by atoms with Crippen molar-refractivity contribution in [3.8, 4) is 0 Å². The molecule has 19 heavy (non-hydrogen) atoms. The average molecular weight is 281 g/mol. The minimum Gasteiger partial charge on any atom is -0.334 e. The van der Waals surface area contributed by atoms with Crippen LogP contribution in [0.5, 0.6) is 0 Å². The van der Waals surface area contributed by atoms with E-state index < -0.39 is 0 Å². The van der Waals surface area contributed by atoms with Gasteiger partial charge in [-0.25, -0.2) is 0 Å².